The summed E-state index contributed by atoms with van der Waals surface area (Å²) in [7, 11) is 0. The zero-order chi connectivity index (χ0) is 8.97. The second kappa shape index (κ2) is 4.42. The molecule has 0 spiro atoms. The fourth-order valence-electron chi connectivity index (χ4n) is 1.22. The van der Waals surface area contributed by atoms with Gasteiger partial charge in [-0.15, -0.1) is 0 Å². The summed E-state index contributed by atoms with van der Waals surface area (Å²) in [5.74, 6) is 0.160. The fraction of sp³-hybridized carbons (Fsp3) is 0.875. The molecule has 1 amide bonds. The number of nitrogens with two attached hydrogens (primary N) is 1. The Morgan fingerprint density at radius 2 is 2.58 bits per heavy atom. The molecule has 4 heteroatoms. The maximum Gasteiger partial charge on any atom is 0.246 e. The number of hydrogen-bond donors (Lipinski definition) is 2. The molecule has 1 saturated heterocycles. The van der Waals surface area contributed by atoms with Gasteiger partial charge in [0.05, 0.1) is 6.61 Å². The Balaban J connectivity index is 2.11. The van der Waals surface area contributed by atoms with E-state index >= 15 is 0 Å². The van der Waals surface area contributed by atoms with Crippen LogP contribution in [0.3, 0.4) is 0 Å². The fourth-order valence-corrected chi connectivity index (χ4v) is 1.22. The maximum absolute atomic E-state index is 10.6. The quantitative estimate of drug-likeness (QED) is 0.600. The van der Waals surface area contributed by atoms with E-state index in [9.17, 15) is 4.79 Å². The van der Waals surface area contributed by atoms with E-state index in [1.54, 1.807) is 6.92 Å². The first-order valence-corrected chi connectivity index (χ1v) is 4.32. The molecule has 70 valence electrons. The normalized spacial score (nSPS) is 25.6. The summed E-state index contributed by atoms with van der Waals surface area (Å²) in [5.41, 5.74) is 5.04. The van der Waals surface area contributed by atoms with Gasteiger partial charge in [0.2, 0.25) is 5.91 Å². The van der Waals surface area contributed by atoms with Crippen LogP contribution in [-0.2, 0) is 9.53 Å². The molecule has 0 aromatic heterocycles. The summed E-state index contributed by atoms with van der Waals surface area (Å²) in [4.78, 5) is 10.6. The Morgan fingerprint density at radius 3 is 3.08 bits per heavy atom. The molecule has 4 nitrogen and oxygen atoms in total. The highest BCUT2D eigenvalue weighted by Gasteiger charge is 2.17. The molecule has 0 aromatic carbocycles. The summed E-state index contributed by atoms with van der Waals surface area (Å²) in [6.45, 7) is 4.37. The molecular weight excluding hydrogens is 156 g/mol. The highest BCUT2D eigenvalue weighted by Crippen LogP contribution is 2.08. The van der Waals surface area contributed by atoms with Gasteiger partial charge in [0.25, 0.3) is 0 Å². The van der Waals surface area contributed by atoms with Gasteiger partial charge < -0.3 is 15.8 Å². The van der Waals surface area contributed by atoms with Gasteiger partial charge in [-0.05, 0) is 25.8 Å². The molecule has 1 aliphatic heterocycles. The molecule has 0 aromatic rings. The standard InChI is InChI=1S/C8H16N2O2/c1-6(8(9)11)12-5-7-2-3-10-4-7/h6-7,10H,2-5H2,1H3,(H2,9,11). The number of hydrogen-bond acceptors (Lipinski definition) is 3. The minimum atomic E-state index is -0.453. The molecular formula is C8H16N2O2. The first-order valence-electron chi connectivity index (χ1n) is 4.32. The summed E-state index contributed by atoms with van der Waals surface area (Å²) >= 11 is 0. The van der Waals surface area contributed by atoms with E-state index in [0.29, 0.717) is 12.5 Å². The Hall–Kier alpha value is -0.610. The Bertz CT molecular complexity index is 155. The van der Waals surface area contributed by atoms with Crippen LogP contribution < -0.4 is 11.1 Å². The SMILES string of the molecule is CC(OCC1CCNC1)C(N)=O. The molecule has 1 aliphatic rings. The van der Waals surface area contributed by atoms with Crippen molar-refractivity contribution in [3.8, 4) is 0 Å². The lowest BCUT2D eigenvalue weighted by Crippen LogP contribution is -2.30. The van der Waals surface area contributed by atoms with Crippen molar-refractivity contribution >= 4 is 5.91 Å². The molecule has 1 heterocycles. The number of nitrogens with one attached hydrogen (secondary N) is 1. The predicted octanol–water partition coefficient (Wildman–Crippen LogP) is -0.514. The lowest BCUT2D eigenvalue weighted by molar-refractivity contribution is -0.129. The van der Waals surface area contributed by atoms with Crippen LogP contribution in [0.4, 0.5) is 0 Å². The summed E-state index contributed by atoms with van der Waals surface area (Å²) in [6, 6.07) is 0. The van der Waals surface area contributed by atoms with E-state index in [1.165, 1.54) is 0 Å². The van der Waals surface area contributed by atoms with Gasteiger partial charge in [-0.25, -0.2) is 0 Å². The van der Waals surface area contributed by atoms with Crippen molar-refractivity contribution in [1.82, 2.24) is 5.32 Å². The number of rotatable bonds is 4. The molecule has 12 heavy (non-hydrogen) atoms. The number of primary amides is 1. The molecule has 3 N–H and O–H groups in total. The lowest BCUT2D eigenvalue weighted by Gasteiger charge is -2.12. The van der Waals surface area contributed by atoms with Crippen molar-refractivity contribution in [3.63, 3.8) is 0 Å². The van der Waals surface area contributed by atoms with Gasteiger partial charge in [0.1, 0.15) is 6.10 Å². The highest BCUT2D eigenvalue weighted by atomic mass is 16.5. The van der Waals surface area contributed by atoms with Gasteiger partial charge in [0, 0.05) is 6.54 Å². The first kappa shape index (κ1) is 9.48. The van der Waals surface area contributed by atoms with Crippen molar-refractivity contribution in [3.05, 3.63) is 0 Å². The van der Waals surface area contributed by atoms with Crippen LogP contribution in [0.5, 0.6) is 0 Å². The molecule has 0 saturated carbocycles. The molecule has 0 bridgehead atoms. The Morgan fingerprint density at radius 1 is 1.83 bits per heavy atom. The largest absolute Gasteiger partial charge is 0.368 e. The average molecular weight is 172 g/mol. The zero-order valence-electron chi connectivity index (χ0n) is 7.38. The molecule has 1 rings (SSSR count). The predicted molar refractivity (Wildman–Crippen MR) is 45.6 cm³/mol. The third kappa shape index (κ3) is 2.79. The Labute approximate surface area is 72.5 Å². The van der Waals surface area contributed by atoms with E-state index in [0.717, 1.165) is 19.5 Å². The van der Waals surface area contributed by atoms with Gasteiger partial charge in [-0.3, -0.25) is 4.79 Å². The van der Waals surface area contributed by atoms with Gasteiger partial charge >= 0.3 is 0 Å². The minimum Gasteiger partial charge on any atom is -0.368 e. The van der Waals surface area contributed by atoms with Crippen LogP contribution in [0.15, 0.2) is 0 Å². The van der Waals surface area contributed by atoms with E-state index in [4.69, 9.17) is 10.5 Å². The number of carbonyl (C=O) groups is 1. The number of amides is 1. The zero-order valence-corrected chi connectivity index (χ0v) is 7.38. The molecule has 0 radical (unpaired) electrons. The van der Waals surface area contributed by atoms with Crippen molar-refractivity contribution in [2.75, 3.05) is 19.7 Å². The third-order valence-corrected chi connectivity index (χ3v) is 2.14. The van der Waals surface area contributed by atoms with Crippen LogP contribution in [0.1, 0.15) is 13.3 Å². The van der Waals surface area contributed by atoms with E-state index in [2.05, 4.69) is 5.32 Å². The van der Waals surface area contributed by atoms with Crippen molar-refractivity contribution in [2.24, 2.45) is 11.7 Å². The van der Waals surface area contributed by atoms with Crippen LogP contribution in [0, 0.1) is 5.92 Å². The van der Waals surface area contributed by atoms with E-state index < -0.39 is 6.10 Å². The van der Waals surface area contributed by atoms with Crippen molar-refractivity contribution < 1.29 is 9.53 Å². The van der Waals surface area contributed by atoms with Crippen LogP contribution in [-0.4, -0.2) is 31.7 Å². The van der Waals surface area contributed by atoms with Crippen LogP contribution in [0.25, 0.3) is 0 Å². The van der Waals surface area contributed by atoms with Gasteiger partial charge in [-0.1, -0.05) is 0 Å². The summed E-state index contributed by atoms with van der Waals surface area (Å²) in [6.07, 6.45) is 0.677. The van der Waals surface area contributed by atoms with Crippen LogP contribution in [0.2, 0.25) is 0 Å². The van der Waals surface area contributed by atoms with E-state index in [-0.39, 0.29) is 5.91 Å². The van der Waals surface area contributed by atoms with Crippen molar-refractivity contribution in [2.45, 2.75) is 19.4 Å². The maximum atomic E-state index is 10.6. The second-order valence-corrected chi connectivity index (χ2v) is 3.24. The third-order valence-electron chi connectivity index (χ3n) is 2.14. The smallest absolute Gasteiger partial charge is 0.246 e. The molecule has 1 fully saturated rings. The average Bonchev–Trinajstić information content (AvgIpc) is 2.51. The van der Waals surface area contributed by atoms with Crippen LogP contribution >= 0.6 is 0 Å². The second-order valence-electron chi connectivity index (χ2n) is 3.24. The summed E-state index contributed by atoms with van der Waals surface area (Å²) in [5, 5.41) is 3.23. The van der Waals surface area contributed by atoms with Gasteiger partial charge in [-0.2, -0.15) is 0 Å². The van der Waals surface area contributed by atoms with E-state index in [1.807, 2.05) is 0 Å². The lowest BCUT2D eigenvalue weighted by atomic mass is 10.1. The molecule has 2 atom stereocenters. The highest BCUT2D eigenvalue weighted by molar-refractivity contribution is 5.78. The van der Waals surface area contributed by atoms with Crippen molar-refractivity contribution in [1.29, 1.82) is 0 Å². The summed E-state index contributed by atoms with van der Waals surface area (Å²) < 4.78 is 5.27. The minimum absolute atomic E-state index is 0.388. The molecule has 0 aliphatic carbocycles. The Kier molecular flexibility index (Phi) is 3.49. The number of ether oxygens (including phenoxy) is 1. The molecule has 2 unspecified atom stereocenters. The first-order chi connectivity index (χ1) is 5.70. The number of carbonyl (C=O) groups excluding carboxylic acids is 1. The van der Waals surface area contributed by atoms with Gasteiger partial charge in [0.15, 0.2) is 0 Å². The topological polar surface area (TPSA) is 64.3 Å². The monoisotopic (exact) mass is 172 g/mol.